The van der Waals surface area contributed by atoms with Crippen LogP contribution in [0.3, 0.4) is 0 Å². The number of aryl methyl sites for hydroxylation is 1. The topological polar surface area (TPSA) is 85.5 Å². The molecule has 6 nitrogen and oxygen atoms in total. The highest BCUT2D eigenvalue weighted by molar-refractivity contribution is 7.10. The van der Waals surface area contributed by atoms with Crippen LogP contribution in [0.4, 0.5) is 5.00 Å². The summed E-state index contributed by atoms with van der Waals surface area (Å²) in [5, 5.41) is 0.324. The molecule has 1 aliphatic heterocycles. The van der Waals surface area contributed by atoms with Gasteiger partial charge in [0.15, 0.2) is 6.61 Å². The Kier molecular flexibility index (Phi) is 4.82. The summed E-state index contributed by atoms with van der Waals surface area (Å²) in [4.78, 5) is 26.1. The first-order chi connectivity index (χ1) is 9.91. The predicted molar refractivity (Wildman–Crippen MR) is 81.2 cm³/mol. The summed E-state index contributed by atoms with van der Waals surface area (Å²) in [5.41, 5.74) is 6.50. The van der Waals surface area contributed by atoms with Crippen LogP contribution in [0.15, 0.2) is 0 Å². The highest BCUT2D eigenvalue weighted by Gasteiger charge is 2.29. The minimum Gasteiger partial charge on any atom is -0.452 e. The Labute approximate surface area is 128 Å². The van der Waals surface area contributed by atoms with Crippen molar-refractivity contribution in [3.8, 4) is 0 Å². The van der Waals surface area contributed by atoms with Crippen molar-refractivity contribution in [2.45, 2.75) is 52.1 Å². The van der Waals surface area contributed by atoms with E-state index in [0.717, 1.165) is 30.8 Å². The fraction of sp³-hybridized carbons (Fsp3) is 0.643. The second kappa shape index (κ2) is 6.43. The van der Waals surface area contributed by atoms with Crippen molar-refractivity contribution < 1.29 is 14.3 Å². The van der Waals surface area contributed by atoms with E-state index in [1.165, 1.54) is 0 Å². The molecule has 7 heteroatoms. The first-order valence-corrected chi connectivity index (χ1v) is 7.89. The summed E-state index contributed by atoms with van der Waals surface area (Å²) < 4.78 is 9.12. The third-order valence-corrected chi connectivity index (χ3v) is 4.67. The maximum absolute atomic E-state index is 12.3. The standard InChI is InChI=1S/C14H21N3O3S/c1-8-5-4-6-9(2)17(8)11(18)7-20-14(19)12-10(3)16-21-13(12)15/h8-9H,4-7,15H2,1-3H3/t8-,9-/m1/s1. The quantitative estimate of drug-likeness (QED) is 0.863. The zero-order valence-electron chi connectivity index (χ0n) is 12.6. The molecule has 0 saturated carbocycles. The summed E-state index contributed by atoms with van der Waals surface area (Å²) in [7, 11) is 0. The number of aromatic nitrogens is 1. The molecule has 0 bridgehead atoms. The van der Waals surface area contributed by atoms with Crippen molar-refractivity contribution >= 4 is 28.4 Å². The van der Waals surface area contributed by atoms with Crippen molar-refractivity contribution in [1.82, 2.24) is 9.27 Å². The lowest BCUT2D eigenvalue weighted by Crippen LogP contribution is -2.49. The Balaban J connectivity index is 1.96. The van der Waals surface area contributed by atoms with Crippen LogP contribution in [0.2, 0.25) is 0 Å². The number of esters is 1. The number of anilines is 1. The van der Waals surface area contributed by atoms with Gasteiger partial charge < -0.3 is 15.4 Å². The van der Waals surface area contributed by atoms with Crippen molar-refractivity contribution in [3.63, 3.8) is 0 Å². The van der Waals surface area contributed by atoms with Crippen LogP contribution in [0, 0.1) is 6.92 Å². The monoisotopic (exact) mass is 311 g/mol. The molecule has 0 unspecified atom stereocenters. The second-order valence-electron chi connectivity index (χ2n) is 5.51. The molecule has 2 atom stereocenters. The minimum atomic E-state index is -0.579. The lowest BCUT2D eigenvalue weighted by molar-refractivity contribution is -0.140. The first-order valence-electron chi connectivity index (χ1n) is 7.11. The Morgan fingerprint density at radius 1 is 1.38 bits per heavy atom. The molecule has 21 heavy (non-hydrogen) atoms. The maximum Gasteiger partial charge on any atom is 0.343 e. The van der Waals surface area contributed by atoms with Crippen LogP contribution < -0.4 is 5.73 Å². The van der Waals surface area contributed by atoms with Gasteiger partial charge in [-0.15, -0.1) is 0 Å². The minimum absolute atomic E-state index is 0.150. The number of nitrogens with zero attached hydrogens (tertiary/aromatic N) is 2. The Hall–Kier alpha value is -1.63. The van der Waals surface area contributed by atoms with Crippen LogP contribution >= 0.6 is 11.5 Å². The van der Waals surface area contributed by atoms with Gasteiger partial charge in [0.2, 0.25) is 0 Å². The van der Waals surface area contributed by atoms with Gasteiger partial charge in [-0.1, -0.05) is 0 Å². The molecule has 1 saturated heterocycles. The molecule has 0 radical (unpaired) electrons. The number of nitrogen functional groups attached to an aromatic ring is 1. The van der Waals surface area contributed by atoms with E-state index in [1.54, 1.807) is 6.92 Å². The molecule has 1 aromatic rings. The fourth-order valence-corrected chi connectivity index (χ4v) is 3.47. The van der Waals surface area contributed by atoms with E-state index in [0.29, 0.717) is 10.7 Å². The van der Waals surface area contributed by atoms with E-state index in [2.05, 4.69) is 4.37 Å². The maximum atomic E-state index is 12.3. The molecule has 116 valence electrons. The van der Waals surface area contributed by atoms with Gasteiger partial charge >= 0.3 is 5.97 Å². The van der Waals surface area contributed by atoms with Gasteiger partial charge in [-0.25, -0.2) is 4.79 Å². The van der Waals surface area contributed by atoms with Gasteiger partial charge in [0.05, 0.1) is 5.69 Å². The Bertz CT molecular complexity index is 514. The van der Waals surface area contributed by atoms with Crippen LogP contribution in [0.25, 0.3) is 0 Å². The molecule has 2 heterocycles. The van der Waals surface area contributed by atoms with Gasteiger partial charge in [0.1, 0.15) is 10.6 Å². The van der Waals surface area contributed by atoms with E-state index >= 15 is 0 Å². The van der Waals surface area contributed by atoms with Crippen LogP contribution in [0.1, 0.15) is 49.2 Å². The molecule has 2 N–H and O–H groups in total. The second-order valence-corrected chi connectivity index (χ2v) is 6.32. The van der Waals surface area contributed by atoms with E-state index < -0.39 is 5.97 Å². The highest BCUT2D eigenvalue weighted by Crippen LogP contribution is 2.24. The molecule has 0 aliphatic carbocycles. The Morgan fingerprint density at radius 2 is 2.00 bits per heavy atom. The largest absolute Gasteiger partial charge is 0.452 e. The summed E-state index contributed by atoms with van der Waals surface area (Å²) >= 11 is 1.05. The van der Waals surface area contributed by atoms with Crippen molar-refractivity contribution in [3.05, 3.63) is 11.3 Å². The Morgan fingerprint density at radius 3 is 2.52 bits per heavy atom. The van der Waals surface area contributed by atoms with Crippen LogP contribution in [0.5, 0.6) is 0 Å². The molecular formula is C14H21N3O3S. The molecule has 1 aliphatic rings. The summed E-state index contributed by atoms with van der Waals surface area (Å²) in [6.07, 6.45) is 3.11. The van der Waals surface area contributed by atoms with Gasteiger partial charge in [0.25, 0.3) is 5.91 Å². The SMILES string of the molecule is Cc1nsc(N)c1C(=O)OCC(=O)N1[C@H](C)CCC[C@H]1C. The van der Waals surface area contributed by atoms with E-state index in [4.69, 9.17) is 10.5 Å². The van der Waals surface area contributed by atoms with Gasteiger partial charge in [0, 0.05) is 12.1 Å². The predicted octanol–water partition coefficient (Wildman–Crippen LogP) is 1.98. The zero-order valence-corrected chi connectivity index (χ0v) is 13.4. The lowest BCUT2D eigenvalue weighted by Gasteiger charge is -2.38. The summed E-state index contributed by atoms with van der Waals surface area (Å²) in [6.45, 7) is 5.50. The summed E-state index contributed by atoms with van der Waals surface area (Å²) in [5.74, 6) is -0.730. The fourth-order valence-electron chi connectivity index (χ4n) is 2.82. The number of hydrogen-bond donors (Lipinski definition) is 1. The molecule has 1 amide bonds. The van der Waals surface area contributed by atoms with Crippen LogP contribution in [-0.4, -0.2) is 39.8 Å². The third kappa shape index (κ3) is 3.34. The van der Waals surface area contributed by atoms with Crippen molar-refractivity contribution in [2.75, 3.05) is 12.3 Å². The van der Waals surface area contributed by atoms with E-state index in [1.807, 2.05) is 18.7 Å². The van der Waals surface area contributed by atoms with Gasteiger partial charge in [-0.3, -0.25) is 4.79 Å². The average Bonchev–Trinajstić information content (AvgIpc) is 2.75. The van der Waals surface area contributed by atoms with Gasteiger partial charge in [-0.05, 0) is 51.6 Å². The molecule has 0 aromatic carbocycles. The molecule has 2 rings (SSSR count). The zero-order chi connectivity index (χ0) is 15.6. The molecule has 0 spiro atoms. The number of likely N-dealkylation sites (tertiary alicyclic amines) is 1. The number of carbonyl (C=O) groups is 2. The summed E-state index contributed by atoms with van der Waals surface area (Å²) in [6, 6.07) is 0.379. The molecular weight excluding hydrogens is 290 g/mol. The van der Waals surface area contributed by atoms with Crippen LogP contribution in [-0.2, 0) is 9.53 Å². The highest BCUT2D eigenvalue weighted by atomic mass is 32.1. The third-order valence-electron chi connectivity index (χ3n) is 3.90. The number of ether oxygens (including phenoxy) is 1. The van der Waals surface area contributed by atoms with Crippen molar-refractivity contribution in [2.24, 2.45) is 0 Å². The average molecular weight is 311 g/mol. The lowest BCUT2D eigenvalue weighted by atomic mass is 9.97. The number of rotatable bonds is 3. The number of nitrogens with two attached hydrogens (primary N) is 1. The van der Waals surface area contributed by atoms with E-state index in [9.17, 15) is 9.59 Å². The first kappa shape index (κ1) is 15.8. The van der Waals surface area contributed by atoms with Crippen molar-refractivity contribution in [1.29, 1.82) is 0 Å². The number of hydrogen-bond acceptors (Lipinski definition) is 6. The number of amides is 1. The molecule has 1 aromatic heterocycles. The van der Waals surface area contributed by atoms with E-state index in [-0.39, 0.29) is 30.2 Å². The smallest absolute Gasteiger partial charge is 0.343 e. The van der Waals surface area contributed by atoms with Gasteiger partial charge in [-0.2, -0.15) is 4.37 Å². The number of carbonyl (C=O) groups excluding carboxylic acids is 2. The normalized spacial score (nSPS) is 22.1. The molecule has 1 fully saturated rings. The number of piperidine rings is 1.